The molecule has 1 aromatic rings. The first-order valence-corrected chi connectivity index (χ1v) is 8.30. The van der Waals surface area contributed by atoms with E-state index >= 15 is 0 Å². The Morgan fingerprint density at radius 2 is 2.00 bits per heavy atom. The van der Waals surface area contributed by atoms with Crippen LogP contribution in [0.1, 0.15) is 18.1 Å². The molecule has 0 bridgehead atoms. The Balaban J connectivity index is 0.00000208. The van der Waals surface area contributed by atoms with E-state index in [1.807, 2.05) is 4.90 Å². The largest absolute Gasteiger partial charge is 0.370 e. The Morgan fingerprint density at radius 3 is 2.79 bits per heavy atom. The van der Waals surface area contributed by atoms with Crippen LogP contribution in [-0.4, -0.2) is 68.1 Å². The summed E-state index contributed by atoms with van der Waals surface area (Å²) >= 11 is 0. The van der Waals surface area contributed by atoms with Crippen molar-refractivity contribution < 1.29 is 13.9 Å². The molecule has 3 rings (SSSR count). The Kier molecular flexibility index (Phi) is 7.42. The molecule has 2 aliphatic heterocycles. The zero-order chi connectivity index (χ0) is 16.1. The predicted octanol–water partition coefficient (Wildman–Crippen LogP) is 1.44. The average Bonchev–Trinajstić information content (AvgIpc) is 2.84. The zero-order valence-electron chi connectivity index (χ0n) is 13.7. The van der Waals surface area contributed by atoms with Crippen LogP contribution in [0.5, 0.6) is 0 Å². The average molecular weight is 358 g/mol. The molecule has 1 unspecified atom stereocenters. The molecule has 1 atom stereocenters. The molecular formula is C17H25ClFN3O2. The number of benzene rings is 1. The van der Waals surface area contributed by atoms with Gasteiger partial charge >= 0.3 is 0 Å². The summed E-state index contributed by atoms with van der Waals surface area (Å²) in [6.45, 7) is 6.00. The Bertz CT molecular complexity index is 521. The van der Waals surface area contributed by atoms with Crippen LogP contribution in [0, 0.1) is 5.82 Å². The maximum atomic E-state index is 13.0. The van der Waals surface area contributed by atoms with Gasteiger partial charge in [-0.25, -0.2) is 4.39 Å². The highest BCUT2D eigenvalue weighted by Gasteiger charge is 2.26. The molecule has 0 aromatic heterocycles. The molecule has 0 saturated carbocycles. The molecule has 134 valence electrons. The highest BCUT2D eigenvalue weighted by Crippen LogP contribution is 2.22. The van der Waals surface area contributed by atoms with Gasteiger partial charge in [0.05, 0.1) is 19.7 Å². The van der Waals surface area contributed by atoms with Gasteiger partial charge in [0.1, 0.15) is 11.9 Å². The summed E-state index contributed by atoms with van der Waals surface area (Å²) in [4.78, 5) is 16.6. The van der Waals surface area contributed by atoms with E-state index in [9.17, 15) is 9.18 Å². The van der Waals surface area contributed by atoms with Crippen molar-refractivity contribution in [3.8, 4) is 0 Å². The number of amides is 1. The van der Waals surface area contributed by atoms with Gasteiger partial charge in [0, 0.05) is 19.6 Å². The minimum absolute atomic E-state index is 0. The van der Waals surface area contributed by atoms with Gasteiger partial charge in [-0.05, 0) is 37.2 Å². The quantitative estimate of drug-likeness (QED) is 0.889. The molecule has 2 aliphatic rings. The Morgan fingerprint density at radius 1 is 1.21 bits per heavy atom. The van der Waals surface area contributed by atoms with Crippen molar-refractivity contribution in [2.24, 2.45) is 0 Å². The highest BCUT2D eigenvalue weighted by atomic mass is 35.5. The van der Waals surface area contributed by atoms with Crippen molar-refractivity contribution in [1.82, 2.24) is 15.1 Å². The summed E-state index contributed by atoms with van der Waals surface area (Å²) in [5.74, 6) is -0.102. The maximum absolute atomic E-state index is 13.0. The molecular weight excluding hydrogens is 333 g/mol. The van der Waals surface area contributed by atoms with Crippen molar-refractivity contribution >= 4 is 18.3 Å². The summed E-state index contributed by atoms with van der Waals surface area (Å²) in [5, 5.41) is 3.35. The van der Waals surface area contributed by atoms with Crippen LogP contribution in [0.4, 0.5) is 4.39 Å². The van der Waals surface area contributed by atoms with E-state index in [0.29, 0.717) is 26.2 Å². The van der Waals surface area contributed by atoms with E-state index in [-0.39, 0.29) is 30.2 Å². The third-order valence-electron chi connectivity index (χ3n) is 4.45. The topological polar surface area (TPSA) is 44.8 Å². The summed E-state index contributed by atoms with van der Waals surface area (Å²) in [6.07, 6.45) is 0.910. The molecule has 2 heterocycles. The van der Waals surface area contributed by atoms with E-state index in [1.165, 1.54) is 12.1 Å². The van der Waals surface area contributed by atoms with E-state index in [2.05, 4.69) is 10.2 Å². The van der Waals surface area contributed by atoms with Gasteiger partial charge in [0.15, 0.2) is 0 Å². The van der Waals surface area contributed by atoms with Gasteiger partial charge in [-0.3, -0.25) is 9.69 Å². The lowest BCUT2D eigenvalue weighted by molar-refractivity contribution is -0.140. The lowest BCUT2D eigenvalue weighted by atomic mass is 10.1. The number of rotatable bonds is 3. The number of ether oxygens (including phenoxy) is 1. The van der Waals surface area contributed by atoms with Gasteiger partial charge in [-0.15, -0.1) is 12.4 Å². The van der Waals surface area contributed by atoms with Crippen LogP contribution in [0.3, 0.4) is 0 Å². The van der Waals surface area contributed by atoms with Gasteiger partial charge in [-0.1, -0.05) is 12.1 Å². The molecule has 2 saturated heterocycles. The first-order chi connectivity index (χ1) is 11.2. The van der Waals surface area contributed by atoms with Crippen molar-refractivity contribution in [3.63, 3.8) is 0 Å². The van der Waals surface area contributed by atoms with Gasteiger partial charge < -0.3 is 15.0 Å². The first kappa shape index (κ1) is 19.1. The van der Waals surface area contributed by atoms with Crippen LogP contribution in [0.2, 0.25) is 0 Å². The second-order valence-electron chi connectivity index (χ2n) is 6.13. The molecule has 7 heteroatoms. The van der Waals surface area contributed by atoms with Crippen LogP contribution in [0.25, 0.3) is 0 Å². The molecule has 5 nitrogen and oxygen atoms in total. The number of nitrogens with zero attached hydrogens (tertiary/aromatic N) is 2. The zero-order valence-corrected chi connectivity index (χ0v) is 14.6. The molecule has 0 radical (unpaired) electrons. The van der Waals surface area contributed by atoms with Crippen molar-refractivity contribution in [2.75, 3.05) is 52.4 Å². The summed E-state index contributed by atoms with van der Waals surface area (Å²) in [7, 11) is 0. The van der Waals surface area contributed by atoms with Gasteiger partial charge in [0.25, 0.3) is 0 Å². The Labute approximate surface area is 148 Å². The minimum Gasteiger partial charge on any atom is -0.370 e. The van der Waals surface area contributed by atoms with Gasteiger partial charge in [0.2, 0.25) is 5.91 Å². The van der Waals surface area contributed by atoms with Crippen LogP contribution >= 0.6 is 12.4 Å². The third-order valence-corrected chi connectivity index (χ3v) is 4.45. The minimum atomic E-state index is -0.257. The number of hydrogen-bond acceptors (Lipinski definition) is 4. The summed E-state index contributed by atoms with van der Waals surface area (Å²) in [5.41, 5.74) is 0.919. The highest BCUT2D eigenvalue weighted by molar-refractivity contribution is 5.85. The van der Waals surface area contributed by atoms with E-state index in [0.717, 1.165) is 38.2 Å². The van der Waals surface area contributed by atoms with E-state index < -0.39 is 0 Å². The lowest BCUT2D eigenvalue weighted by Gasteiger charge is -2.34. The number of morpholine rings is 1. The molecule has 1 amide bonds. The fourth-order valence-electron chi connectivity index (χ4n) is 3.11. The monoisotopic (exact) mass is 357 g/mol. The van der Waals surface area contributed by atoms with Crippen molar-refractivity contribution in [1.29, 1.82) is 0 Å². The maximum Gasteiger partial charge on any atom is 0.236 e. The van der Waals surface area contributed by atoms with E-state index in [4.69, 9.17) is 4.74 Å². The predicted molar refractivity (Wildman–Crippen MR) is 92.8 cm³/mol. The first-order valence-electron chi connectivity index (χ1n) is 8.30. The molecule has 1 N–H and O–H groups in total. The summed E-state index contributed by atoms with van der Waals surface area (Å²) < 4.78 is 18.8. The fourth-order valence-corrected chi connectivity index (χ4v) is 3.11. The lowest BCUT2D eigenvalue weighted by Crippen LogP contribution is -2.47. The number of nitrogens with one attached hydrogen (secondary N) is 1. The number of carbonyl (C=O) groups excluding carboxylic acids is 1. The second-order valence-corrected chi connectivity index (χ2v) is 6.13. The van der Waals surface area contributed by atoms with Crippen LogP contribution < -0.4 is 5.32 Å². The van der Waals surface area contributed by atoms with Crippen LogP contribution in [-0.2, 0) is 9.53 Å². The normalized spacial score (nSPS) is 22.5. The molecule has 0 spiro atoms. The number of hydrogen-bond donors (Lipinski definition) is 1. The molecule has 2 fully saturated rings. The fraction of sp³-hybridized carbons (Fsp3) is 0.588. The van der Waals surface area contributed by atoms with E-state index in [1.54, 1.807) is 12.1 Å². The summed E-state index contributed by atoms with van der Waals surface area (Å²) in [6, 6.07) is 6.33. The third kappa shape index (κ3) is 5.14. The van der Waals surface area contributed by atoms with Crippen molar-refractivity contribution in [2.45, 2.75) is 12.5 Å². The number of halogens is 2. The standard InChI is InChI=1S/C17H24FN3O2.ClH/c18-15-4-2-14(3-5-15)16-12-21(10-11-23-16)17(22)13-20-8-1-6-19-7-9-20;/h2-5,16,19H,1,6-13H2;1H. The number of carbonyl (C=O) groups is 1. The van der Waals surface area contributed by atoms with Crippen LogP contribution in [0.15, 0.2) is 24.3 Å². The molecule has 0 aliphatic carbocycles. The SMILES string of the molecule is Cl.O=C(CN1CCCNCC1)N1CCOC(c2ccc(F)cc2)C1. The Hall–Kier alpha value is -1.21. The second kappa shape index (κ2) is 9.32. The smallest absolute Gasteiger partial charge is 0.236 e. The van der Waals surface area contributed by atoms with Gasteiger partial charge in [-0.2, -0.15) is 0 Å². The molecule has 1 aromatic carbocycles. The molecule has 24 heavy (non-hydrogen) atoms. The van der Waals surface area contributed by atoms with Crippen molar-refractivity contribution in [3.05, 3.63) is 35.6 Å².